The molecule has 2 bridgehead atoms. The van der Waals surface area contributed by atoms with Crippen molar-refractivity contribution in [1.82, 2.24) is 5.16 Å². The molecule has 9 atom stereocenters. The number of ether oxygens (including phenoxy) is 1. The molecule has 8 nitrogen and oxygen atoms in total. The summed E-state index contributed by atoms with van der Waals surface area (Å²) < 4.78 is 11.0. The van der Waals surface area contributed by atoms with E-state index >= 15 is 0 Å². The summed E-state index contributed by atoms with van der Waals surface area (Å²) in [7, 11) is 0. The van der Waals surface area contributed by atoms with Gasteiger partial charge in [-0.2, -0.15) is 0 Å². The van der Waals surface area contributed by atoms with Crippen LogP contribution in [0.1, 0.15) is 76.7 Å². The Hall–Kier alpha value is -2.00. The van der Waals surface area contributed by atoms with Crippen LogP contribution >= 0.6 is 0 Å². The van der Waals surface area contributed by atoms with Crippen LogP contribution in [0.25, 0.3) is 0 Å². The molecular formula is C29H41NO7. The molecule has 1 unspecified atom stereocenters. The maximum atomic E-state index is 13.1. The van der Waals surface area contributed by atoms with Crippen molar-refractivity contribution in [1.29, 1.82) is 0 Å². The molecule has 37 heavy (non-hydrogen) atoms. The van der Waals surface area contributed by atoms with E-state index in [-0.39, 0.29) is 34.8 Å². The summed E-state index contributed by atoms with van der Waals surface area (Å²) in [5.41, 5.74) is -1.87. The van der Waals surface area contributed by atoms with Crippen molar-refractivity contribution in [3.05, 3.63) is 40.3 Å². The molecule has 4 aliphatic rings. The van der Waals surface area contributed by atoms with E-state index in [1.807, 2.05) is 20.8 Å². The zero-order valence-electron chi connectivity index (χ0n) is 22.9. The number of rotatable bonds is 5. The molecule has 5 rings (SSSR count). The summed E-state index contributed by atoms with van der Waals surface area (Å²) in [5.74, 6) is -0.696. The van der Waals surface area contributed by atoms with Crippen LogP contribution in [-0.2, 0) is 17.6 Å². The van der Waals surface area contributed by atoms with Gasteiger partial charge in [0.15, 0.2) is 5.76 Å². The average molecular weight is 516 g/mol. The number of esters is 1. The maximum absolute atomic E-state index is 13.1. The van der Waals surface area contributed by atoms with Gasteiger partial charge in [-0.1, -0.05) is 58.9 Å². The largest absolute Gasteiger partial charge is 0.457 e. The first kappa shape index (κ1) is 26.6. The van der Waals surface area contributed by atoms with Crippen molar-refractivity contribution >= 4 is 5.97 Å². The van der Waals surface area contributed by atoms with E-state index in [9.17, 15) is 25.2 Å². The third-order valence-electron chi connectivity index (χ3n) is 10.9. The molecule has 0 radical (unpaired) electrons. The van der Waals surface area contributed by atoms with Gasteiger partial charge in [-0.25, -0.2) is 4.79 Å². The third kappa shape index (κ3) is 3.10. The first-order valence-corrected chi connectivity index (χ1v) is 13.5. The maximum Gasteiger partial charge on any atom is 0.344 e. The van der Waals surface area contributed by atoms with E-state index in [0.29, 0.717) is 35.4 Å². The second-order valence-electron chi connectivity index (χ2n) is 12.6. The van der Waals surface area contributed by atoms with Crippen LogP contribution in [0.5, 0.6) is 0 Å². The lowest BCUT2D eigenvalue weighted by Crippen LogP contribution is -2.66. The lowest BCUT2D eigenvalue weighted by Gasteiger charge is -2.52. The molecular weight excluding hydrogens is 474 g/mol. The Bertz CT molecular complexity index is 1160. The molecule has 2 fully saturated rings. The van der Waals surface area contributed by atoms with Crippen LogP contribution in [0.2, 0.25) is 0 Å². The quantitative estimate of drug-likeness (QED) is 0.348. The predicted molar refractivity (Wildman–Crippen MR) is 135 cm³/mol. The number of hydrogen-bond acceptors (Lipinski definition) is 8. The summed E-state index contributed by atoms with van der Waals surface area (Å²) in [6.45, 7) is 13.8. The van der Waals surface area contributed by atoms with E-state index in [1.165, 1.54) is 0 Å². The fourth-order valence-corrected chi connectivity index (χ4v) is 8.64. The zero-order chi connectivity index (χ0) is 27.3. The van der Waals surface area contributed by atoms with Gasteiger partial charge in [0.1, 0.15) is 30.0 Å². The number of aliphatic hydroxyl groups excluding tert-OH is 3. The number of fused-ring (bicyclic) bond motifs is 3. The molecule has 204 valence electrons. The smallest absolute Gasteiger partial charge is 0.344 e. The van der Waals surface area contributed by atoms with Crippen molar-refractivity contribution in [2.24, 2.45) is 34.0 Å². The molecule has 2 saturated carbocycles. The van der Waals surface area contributed by atoms with Crippen molar-refractivity contribution < 1.29 is 34.5 Å². The average Bonchev–Trinajstić information content (AvgIpc) is 3.12. The highest BCUT2D eigenvalue weighted by molar-refractivity contribution is 5.91. The lowest BCUT2D eigenvalue weighted by molar-refractivity contribution is -0.215. The van der Waals surface area contributed by atoms with Gasteiger partial charge in [0, 0.05) is 12.3 Å². The minimum Gasteiger partial charge on any atom is -0.457 e. The second-order valence-corrected chi connectivity index (χ2v) is 12.6. The summed E-state index contributed by atoms with van der Waals surface area (Å²) in [6, 6.07) is 0. The van der Waals surface area contributed by atoms with Crippen LogP contribution in [0.3, 0.4) is 0 Å². The van der Waals surface area contributed by atoms with E-state index in [4.69, 9.17) is 9.26 Å². The number of carbonyl (C=O) groups is 1. The minimum absolute atomic E-state index is 0.0648. The SMILES string of the molecule is CCc1noc(CC)c1C(=O)OCC1=C[C@@H]2C(O)[C@]3(C=C(C)[C@H](O)[C@@]3(O)[C@@H]1O)[C@H](C)C[C@]1(C)[C@H]2C1(C)C. The Morgan fingerprint density at radius 1 is 1.16 bits per heavy atom. The number of aliphatic hydroxyl groups is 4. The van der Waals surface area contributed by atoms with Crippen LogP contribution in [0, 0.1) is 34.0 Å². The van der Waals surface area contributed by atoms with E-state index < -0.39 is 41.2 Å². The standard InChI is InChI=1S/C29H41NO7/c1-8-18-20(19(9-2)37-30-18)25(34)36-13-16-10-17-21-26(5,6)27(21,7)12-15(4)28(24(17)33)11-14(3)22(31)29(28,35)23(16)32/h10-11,15,17,21-24,31-33,35H,8-9,12-13H2,1-7H3/t15-,17+,21-,22+,23-,24?,27-,28+,29-/m1/s1. The fourth-order valence-electron chi connectivity index (χ4n) is 8.64. The molecule has 0 aliphatic heterocycles. The highest BCUT2D eigenvalue weighted by Crippen LogP contribution is 2.79. The molecule has 4 aliphatic carbocycles. The number of aromatic nitrogens is 1. The van der Waals surface area contributed by atoms with Crippen molar-refractivity contribution in [2.75, 3.05) is 6.61 Å². The summed E-state index contributed by atoms with van der Waals surface area (Å²) in [4.78, 5) is 13.1. The monoisotopic (exact) mass is 515 g/mol. The molecule has 8 heteroatoms. The predicted octanol–water partition coefficient (Wildman–Crippen LogP) is 2.97. The zero-order valence-corrected chi connectivity index (χ0v) is 22.9. The lowest BCUT2D eigenvalue weighted by atomic mass is 9.58. The summed E-state index contributed by atoms with van der Waals surface area (Å²) in [5, 5.41) is 51.2. The molecule has 1 spiro atoms. The van der Waals surface area contributed by atoms with Crippen molar-refractivity contribution in [3.63, 3.8) is 0 Å². The van der Waals surface area contributed by atoms with Gasteiger partial charge in [-0.15, -0.1) is 0 Å². The van der Waals surface area contributed by atoms with Gasteiger partial charge < -0.3 is 29.7 Å². The Morgan fingerprint density at radius 3 is 2.46 bits per heavy atom. The highest BCUT2D eigenvalue weighted by Gasteiger charge is 2.79. The van der Waals surface area contributed by atoms with Gasteiger partial charge in [0.2, 0.25) is 0 Å². The van der Waals surface area contributed by atoms with Gasteiger partial charge in [0.05, 0.1) is 17.2 Å². The highest BCUT2D eigenvalue weighted by atomic mass is 16.5. The van der Waals surface area contributed by atoms with Crippen LogP contribution < -0.4 is 0 Å². The molecule has 1 aromatic rings. The van der Waals surface area contributed by atoms with Gasteiger partial charge in [-0.3, -0.25) is 0 Å². The second kappa shape index (κ2) is 8.25. The fraction of sp³-hybridized carbons (Fsp3) is 0.724. The molecule has 4 N–H and O–H groups in total. The molecule has 0 amide bonds. The molecule has 1 aromatic heterocycles. The van der Waals surface area contributed by atoms with E-state index in [2.05, 4.69) is 25.9 Å². The Balaban J connectivity index is 1.58. The van der Waals surface area contributed by atoms with E-state index in [0.717, 1.165) is 6.42 Å². The summed E-state index contributed by atoms with van der Waals surface area (Å²) >= 11 is 0. The van der Waals surface area contributed by atoms with Gasteiger partial charge in [0.25, 0.3) is 0 Å². The number of hydrogen-bond donors (Lipinski definition) is 4. The first-order valence-electron chi connectivity index (χ1n) is 13.5. The minimum atomic E-state index is -2.07. The number of carbonyl (C=O) groups excluding carboxylic acids is 1. The van der Waals surface area contributed by atoms with Crippen LogP contribution in [0.15, 0.2) is 27.8 Å². The number of nitrogens with zero attached hydrogens (tertiary/aromatic N) is 1. The number of aryl methyl sites for hydroxylation is 2. The molecule has 1 heterocycles. The van der Waals surface area contributed by atoms with Gasteiger partial charge in [-0.05, 0) is 53.6 Å². The Kier molecular flexibility index (Phi) is 5.93. The van der Waals surface area contributed by atoms with Gasteiger partial charge >= 0.3 is 5.97 Å². The van der Waals surface area contributed by atoms with Crippen molar-refractivity contribution in [3.8, 4) is 0 Å². The van der Waals surface area contributed by atoms with Crippen LogP contribution in [-0.4, -0.2) is 62.1 Å². The Morgan fingerprint density at radius 2 is 1.84 bits per heavy atom. The van der Waals surface area contributed by atoms with E-state index in [1.54, 1.807) is 19.1 Å². The first-order chi connectivity index (χ1) is 17.2. The topological polar surface area (TPSA) is 133 Å². The van der Waals surface area contributed by atoms with Crippen LogP contribution in [0.4, 0.5) is 0 Å². The molecule has 0 aromatic carbocycles. The summed E-state index contributed by atoms with van der Waals surface area (Å²) in [6.07, 6.45) is 1.37. The molecule has 0 saturated heterocycles. The van der Waals surface area contributed by atoms with Crippen molar-refractivity contribution in [2.45, 2.75) is 91.6 Å². The normalized spacial score (nSPS) is 43.6. The Labute approximate surface area is 218 Å². The third-order valence-corrected chi connectivity index (χ3v) is 10.9.